The number of nitrogens with zero attached hydrogens (tertiary/aromatic N) is 1. The fourth-order valence-corrected chi connectivity index (χ4v) is 4.65. The number of benzene rings is 1. The zero-order valence-electron chi connectivity index (χ0n) is 16.5. The van der Waals surface area contributed by atoms with Crippen LogP contribution in [0.15, 0.2) is 30.3 Å². The summed E-state index contributed by atoms with van der Waals surface area (Å²) >= 11 is 0. The van der Waals surface area contributed by atoms with E-state index in [4.69, 9.17) is 4.74 Å². The fraction of sp³-hybridized carbons (Fsp3) is 0.545. The second-order valence-electron chi connectivity index (χ2n) is 8.00. The second-order valence-corrected chi connectivity index (χ2v) is 8.00. The minimum atomic E-state index is -0.194. The number of rotatable bonds is 7. The first-order valence-corrected chi connectivity index (χ1v) is 9.83. The molecule has 0 radical (unpaired) electrons. The van der Waals surface area contributed by atoms with Crippen molar-refractivity contribution in [3.05, 3.63) is 35.9 Å². The summed E-state index contributed by atoms with van der Waals surface area (Å²) < 4.78 is 5.18. The van der Waals surface area contributed by atoms with Crippen molar-refractivity contribution >= 4 is 17.9 Å². The molecule has 5 heteroatoms. The summed E-state index contributed by atoms with van der Waals surface area (Å²) in [4.78, 5) is 26.1. The Labute approximate surface area is 161 Å². The predicted octanol–water partition coefficient (Wildman–Crippen LogP) is 3.11. The molecule has 4 unspecified atom stereocenters. The molecule has 2 bridgehead atoms. The first kappa shape index (κ1) is 19.5. The lowest BCUT2D eigenvalue weighted by molar-refractivity contribution is -0.131. The molecule has 0 heterocycles. The first-order chi connectivity index (χ1) is 13.0. The summed E-state index contributed by atoms with van der Waals surface area (Å²) in [6.07, 6.45) is 8.46. The van der Waals surface area contributed by atoms with E-state index in [1.54, 1.807) is 20.2 Å². The molecule has 146 valence electrons. The Morgan fingerprint density at radius 2 is 2.15 bits per heavy atom. The maximum atomic E-state index is 12.3. The number of carbonyl (C=O) groups is 2. The van der Waals surface area contributed by atoms with Gasteiger partial charge in [-0.2, -0.15) is 0 Å². The summed E-state index contributed by atoms with van der Waals surface area (Å²) in [7, 11) is 3.26. The molecule has 2 amide bonds. The monoisotopic (exact) mass is 370 g/mol. The van der Waals surface area contributed by atoms with Gasteiger partial charge in [-0.1, -0.05) is 18.6 Å². The molecular weight excluding hydrogens is 340 g/mol. The van der Waals surface area contributed by atoms with Crippen LogP contribution < -0.4 is 10.1 Å². The number of nitrogens with one attached hydrogen (secondary N) is 1. The Balaban J connectivity index is 1.47. The minimum absolute atomic E-state index is 0.0758. The molecule has 1 aromatic rings. The van der Waals surface area contributed by atoms with Crippen LogP contribution in [-0.4, -0.2) is 43.5 Å². The average Bonchev–Trinajstić information content (AvgIpc) is 3.29. The van der Waals surface area contributed by atoms with Crippen LogP contribution in [0.25, 0.3) is 6.08 Å². The van der Waals surface area contributed by atoms with E-state index in [0.29, 0.717) is 5.92 Å². The van der Waals surface area contributed by atoms with E-state index in [1.807, 2.05) is 24.3 Å². The molecule has 4 atom stereocenters. The third-order valence-corrected chi connectivity index (χ3v) is 6.09. The van der Waals surface area contributed by atoms with E-state index >= 15 is 0 Å². The van der Waals surface area contributed by atoms with Crippen molar-refractivity contribution in [2.75, 3.05) is 20.7 Å². The molecule has 5 nitrogen and oxygen atoms in total. The van der Waals surface area contributed by atoms with Gasteiger partial charge in [-0.25, -0.2) is 0 Å². The van der Waals surface area contributed by atoms with Gasteiger partial charge in [-0.05, 0) is 67.7 Å². The van der Waals surface area contributed by atoms with E-state index in [-0.39, 0.29) is 24.4 Å². The SMILES string of the molecule is COc1cccc(/C=C/C(=O)N(C)CC(=O)NC(C)C2CC3CCC2C3)c1. The molecule has 0 spiro atoms. The van der Waals surface area contributed by atoms with E-state index in [1.165, 1.54) is 36.7 Å². The Morgan fingerprint density at radius 3 is 2.81 bits per heavy atom. The van der Waals surface area contributed by atoms with E-state index in [0.717, 1.165) is 23.1 Å². The van der Waals surface area contributed by atoms with Crippen molar-refractivity contribution < 1.29 is 14.3 Å². The lowest BCUT2D eigenvalue weighted by atomic mass is 9.84. The van der Waals surface area contributed by atoms with E-state index in [9.17, 15) is 9.59 Å². The van der Waals surface area contributed by atoms with Gasteiger partial charge in [0.05, 0.1) is 13.7 Å². The number of likely N-dealkylation sites (N-methyl/N-ethyl adjacent to an activating group) is 1. The number of hydrogen-bond donors (Lipinski definition) is 1. The molecule has 0 aliphatic heterocycles. The van der Waals surface area contributed by atoms with Crippen molar-refractivity contribution in [2.45, 2.75) is 38.6 Å². The zero-order valence-corrected chi connectivity index (χ0v) is 16.5. The highest BCUT2D eigenvalue weighted by Gasteiger charge is 2.42. The molecular formula is C22H30N2O3. The van der Waals surface area contributed by atoms with Crippen molar-refractivity contribution in [3.63, 3.8) is 0 Å². The van der Waals surface area contributed by atoms with Crippen LogP contribution in [0, 0.1) is 17.8 Å². The van der Waals surface area contributed by atoms with E-state index in [2.05, 4.69) is 12.2 Å². The van der Waals surface area contributed by atoms with Gasteiger partial charge in [-0.15, -0.1) is 0 Å². The lowest BCUT2D eigenvalue weighted by Gasteiger charge is -2.29. The molecule has 2 aliphatic rings. The van der Waals surface area contributed by atoms with Gasteiger partial charge in [0, 0.05) is 19.2 Å². The Bertz CT molecular complexity index is 715. The quantitative estimate of drug-likeness (QED) is 0.751. The highest BCUT2D eigenvalue weighted by Crippen LogP contribution is 2.49. The van der Waals surface area contributed by atoms with Crippen LogP contribution in [0.1, 0.15) is 38.2 Å². The van der Waals surface area contributed by atoms with Crippen molar-refractivity contribution in [3.8, 4) is 5.75 Å². The highest BCUT2D eigenvalue weighted by atomic mass is 16.5. The minimum Gasteiger partial charge on any atom is -0.497 e. The summed E-state index contributed by atoms with van der Waals surface area (Å²) in [5.41, 5.74) is 0.880. The molecule has 0 aromatic heterocycles. The standard InChI is InChI=1S/C22H30N2O3/c1-15(20-13-17-7-9-18(20)11-17)23-21(25)14-24(2)22(26)10-8-16-5-4-6-19(12-16)27-3/h4-6,8,10,12,15,17-18,20H,7,9,11,13-14H2,1-3H3,(H,23,25)/b10-8+. The van der Waals surface area contributed by atoms with Gasteiger partial charge in [0.25, 0.3) is 0 Å². The highest BCUT2D eigenvalue weighted by molar-refractivity contribution is 5.94. The average molecular weight is 370 g/mol. The van der Waals surface area contributed by atoms with Crippen LogP contribution in [0.4, 0.5) is 0 Å². The number of hydrogen-bond acceptors (Lipinski definition) is 3. The van der Waals surface area contributed by atoms with E-state index < -0.39 is 0 Å². The lowest BCUT2D eigenvalue weighted by Crippen LogP contribution is -2.45. The zero-order chi connectivity index (χ0) is 19.4. The molecule has 2 saturated carbocycles. The van der Waals surface area contributed by atoms with Crippen molar-refractivity contribution in [2.24, 2.45) is 17.8 Å². The van der Waals surface area contributed by atoms with Crippen LogP contribution in [-0.2, 0) is 9.59 Å². The number of carbonyl (C=O) groups excluding carboxylic acids is 2. The normalized spacial score (nSPS) is 24.8. The molecule has 27 heavy (non-hydrogen) atoms. The third-order valence-electron chi connectivity index (χ3n) is 6.09. The van der Waals surface area contributed by atoms with Gasteiger partial charge < -0.3 is 15.0 Å². The van der Waals surface area contributed by atoms with Crippen LogP contribution >= 0.6 is 0 Å². The Kier molecular flexibility index (Phi) is 6.19. The first-order valence-electron chi connectivity index (χ1n) is 9.83. The largest absolute Gasteiger partial charge is 0.497 e. The number of methoxy groups -OCH3 is 1. The van der Waals surface area contributed by atoms with Crippen LogP contribution in [0.3, 0.4) is 0 Å². The molecule has 1 N–H and O–H groups in total. The Morgan fingerprint density at radius 1 is 1.33 bits per heavy atom. The summed E-state index contributed by atoms with van der Waals surface area (Å²) in [6, 6.07) is 7.66. The molecule has 2 fully saturated rings. The second kappa shape index (κ2) is 8.59. The molecule has 0 saturated heterocycles. The van der Waals surface area contributed by atoms with Crippen molar-refractivity contribution in [1.29, 1.82) is 0 Å². The maximum Gasteiger partial charge on any atom is 0.246 e. The number of fused-ring (bicyclic) bond motifs is 2. The van der Waals surface area contributed by atoms with Gasteiger partial charge in [-0.3, -0.25) is 9.59 Å². The van der Waals surface area contributed by atoms with Gasteiger partial charge in [0.1, 0.15) is 5.75 Å². The summed E-state index contributed by atoms with van der Waals surface area (Å²) in [6.45, 7) is 2.18. The Hall–Kier alpha value is -2.30. The fourth-order valence-electron chi connectivity index (χ4n) is 4.65. The van der Waals surface area contributed by atoms with Crippen molar-refractivity contribution in [1.82, 2.24) is 10.2 Å². The molecule has 3 rings (SSSR count). The third kappa shape index (κ3) is 4.90. The van der Waals surface area contributed by atoms with Gasteiger partial charge in [0.15, 0.2) is 0 Å². The number of amides is 2. The maximum absolute atomic E-state index is 12.3. The number of ether oxygens (including phenoxy) is 1. The smallest absolute Gasteiger partial charge is 0.246 e. The summed E-state index contributed by atoms with van der Waals surface area (Å²) in [5.74, 6) is 2.70. The van der Waals surface area contributed by atoms with Crippen LogP contribution in [0.5, 0.6) is 5.75 Å². The van der Waals surface area contributed by atoms with Gasteiger partial charge >= 0.3 is 0 Å². The molecule has 1 aromatic carbocycles. The molecule has 2 aliphatic carbocycles. The summed E-state index contributed by atoms with van der Waals surface area (Å²) in [5, 5.41) is 3.11. The predicted molar refractivity (Wildman–Crippen MR) is 106 cm³/mol. The van der Waals surface area contributed by atoms with Gasteiger partial charge in [0.2, 0.25) is 11.8 Å². The van der Waals surface area contributed by atoms with Crippen LogP contribution in [0.2, 0.25) is 0 Å². The topological polar surface area (TPSA) is 58.6 Å².